The smallest absolute Gasteiger partial charge is 0.211 e. The number of likely N-dealkylation sites (N-methyl/N-ethyl adjacent to an activating group) is 1. The minimum Gasteiger partial charge on any atom is -0.356 e. The van der Waals surface area contributed by atoms with E-state index in [1.54, 1.807) is 6.07 Å². The number of ketones is 1. The van der Waals surface area contributed by atoms with Crippen molar-refractivity contribution in [1.82, 2.24) is 10.1 Å². The standard InChI is InChI=1S/C16H20N2O2S/c1-4-18(5-2)16(21-3)15(19)13-11-14(20-17-13)12-9-7-6-8-10-12/h6-11,16H,4-5H2,1-3H3. The van der Waals surface area contributed by atoms with E-state index in [-0.39, 0.29) is 11.2 Å². The van der Waals surface area contributed by atoms with Crippen LogP contribution in [0.2, 0.25) is 0 Å². The number of rotatable bonds is 7. The molecule has 2 rings (SSSR count). The molecule has 0 radical (unpaired) electrons. The van der Waals surface area contributed by atoms with Gasteiger partial charge in [0.15, 0.2) is 11.5 Å². The van der Waals surface area contributed by atoms with Crippen molar-refractivity contribution < 1.29 is 9.32 Å². The van der Waals surface area contributed by atoms with E-state index < -0.39 is 0 Å². The van der Waals surface area contributed by atoms with Gasteiger partial charge < -0.3 is 4.52 Å². The number of Topliss-reactive ketones (excluding diaryl/α,β-unsaturated/α-hetero) is 1. The Hall–Kier alpha value is -1.59. The summed E-state index contributed by atoms with van der Waals surface area (Å²) in [6, 6.07) is 11.4. The number of hydrogen-bond donors (Lipinski definition) is 0. The van der Waals surface area contributed by atoms with Gasteiger partial charge in [0.2, 0.25) is 5.78 Å². The number of thioether (sulfide) groups is 1. The molecule has 0 saturated heterocycles. The van der Waals surface area contributed by atoms with Crippen LogP contribution in [0, 0.1) is 0 Å². The molecule has 4 nitrogen and oxygen atoms in total. The first-order valence-electron chi connectivity index (χ1n) is 7.04. The zero-order valence-electron chi connectivity index (χ0n) is 12.6. The molecular weight excluding hydrogens is 284 g/mol. The van der Waals surface area contributed by atoms with Gasteiger partial charge in [0.1, 0.15) is 5.37 Å². The summed E-state index contributed by atoms with van der Waals surface area (Å²) in [6.07, 6.45) is 1.94. The molecule has 1 atom stereocenters. The van der Waals surface area contributed by atoms with Crippen molar-refractivity contribution in [1.29, 1.82) is 0 Å². The average molecular weight is 304 g/mol. The molecule has 1 unspecified atom stereocenters. The molecule has 21 heavy (non-hydrogen) atoms. The lowest BCUT2D eigenvalue weighted by Gasteiger charge is -2.25. The number of carbonyl (C=O) groups excluding carboxylic acids is 1. The first-order chi connectivity index (χ1) is 10.2. The second kappa shape index (κ2) is 7.43. The molecule has 112 valence electrons. The fraction of sp³-hybridized carbons (Fsp3) is 0.375. The van der Waals surface area contributed by atoms with Crippen molar-refractivity contribution in [2.75, 3.05) is 19.3 Å². The summed E-state index contributed by atoms with van der Waals surface area (Å²) < 4.78 is 5.31. The largest absolute Gasteiger partial charge is 0.356 e. The first-order valence-corrected chi connectivity index (χ1v) is 8.33. The highest BCUT2D eigenvalue weighted by molar-refractivity contribution is 7.99. The van der Waals surface area contributed by atoms with Crippen LogP contribution in [0.3, 0.4) is 0 Å². The number of aromatic nitrogens is 1. The molecule has 0 fully saturated rings. The minimum absolute atomic E-state index is 0.00266. The Morgan fingerprint density at radius 3 is 2.52 bits per heavy atom. The lowest BCUT2D eigenvalue weighted by Crippen LogP contribution is -2.38. The molecule has 5 heteroatoms. The zero-order chi connectivity index (χ0) is 15.2. The Balaban J connectivity index is 2.22. The Kier molecular flexibility index (Phi) is 5.59. The van der Waals surface area contributed by atoms with E-state index in [2.05, 4.69) is 23.9 Å². The van der Waals surface area contributed by atoms with Crippen LogP contribution < -0.4 is 0 Å². The van der Waals surface area contributed by atoms with E-state index in [4.69, 9.17) is 4.52 Å². The van der Waals surface area contributed by atoms with Crippen LogP contribution in [0.5, 0.6) is 0 Å². The van der Waals surface area contributed by atoms with Gasteiger partial charge in [-0.2, -0.15) is 0 Å². The van der Waals surface area contributed by atoms with Gasteiger partial charge in [0.05, 0.1) is 0 Å². The normalized spacial score (nSPS) is 12.6. The van der Waals surface area contributed by atoms with E-state index in [9.17, 15) is 4.79 Å². The second-order valence-corrected chi connectivity index (χ2v) is 5.53. The third kappa shape index (κ3) is 3.54. The molecule has 1 heterocycles. The third-order valence-electron chi connectivity index (χ3n) is 3.41. The molecule has 1 aromatic carbocycles. The molecule has 0 aliphatic heterocycles. The van der Waals surface area contributed by atoms with Gasteiger partial charge in [-0.25, -0.2) is 0 Å². The number of benzene rings is 1. The van der Waals surface area contributed by atoms with Gasteiger partial charge in [0, 0.05) is 11.6 Å². The predicted octanol–water partition coefficient (Wildman–Crippen LogP) is 3.56. The minimum atomic E-state index is -0.214. The van der Waals surface area contributed by atoms with Crippen LogP contribution in [0.1, 0.15) is 24.3 Å². The van der Waals surface area contributed by atoms with Crippen LogP contribution in [-0.4, -0.2) is 40.6 Å². The molecule has 0 spiro atoms. The van der Waals surface area contributed by atoms with Gasteiger partial charge >= 0.3 is 0 Å². The monoisotopic (exact) mass is 304 g/mol. The van der Waals surface area contributed by atoms with Crippen LogP contribution in [0.25, 0.3) is 11.3 Å². The topological polar surface area (TPSA) is 46.3 Å². The van der Waals surface area contributed by atoms with Crippen LogP contribution >= 0.6 is 11.8 Å². The van der Waals surface area contributed by atoms with Crippen molar-refractivity contribution >= 4 is 17.5 Å². The van der Waals surface area contributed by atoms with Crippen LogP contribution in [0.15, 0.2) is 40.9 Å². The Labute approximate surface area is 129 Å². The maximum absolute atomic E-state index is 12.6. The Morgan fingerprint density at radius 1 is 1.29 bits per heavy atom. The lowest BCUT2D eigenvalue weighted by molar-refractivity contribution is 0.0903. The van der Waals surface area contributed by atoms with Crippen molar-refractivity contribution in [3.8, 4) is 11.3 Å². The highest BCUT2D eigenvalue weighted by atomic mass is 32.2. The van der Waals surface area contributed by atoms with E-state index >= 15 is 0 Å². The number of nitrogens with zero attached hydrogens (tertiary/aromatic N) is 2. The Morgan fingerprint density at radius 2 is 1.95 bits per heavy atom. The van der Waals surface area contributed by atoms with E-state index in [0.717, 1.165) is 18.7 Å². The van der Waals surface area contributed by atoms with Crippen molar-refractivity contribution in [2.24, 2.45) is 0 Å². The summed E-state index contributed by atoms with van der Waals surface area (Å²) in [5.74, 6) is 0.621. The van der Waals surface area contributed by atoms with Crippen LogP contribution in [0.4, 0.5) is 0 Å². The molecule has 0 N–H and O–H groups in total. The highest BCUT2D eigenvalue weighted by Crippen LogP contribution is 2.23. The van der Waals surface area contributed by atoms with E-state index in [1.165, 1.54) is 11.8 Å². The number of carbonyl (C=O) groups is 1. The maximum Gasteiger partial charge on any atom is 0.211 e. The summed E-state index contributed by atoms with van der Waals surface area (Å²) in [5.41, 5.74) is 1.31. The van der Waals surface area contributed by atoms with E-state index in [0.29, 0.717) is 11.5 Å². The average Bonchev–Trinajstić information content (AvgIpc) is 3.02. The zero-order valence-corrected chi connectivity index (χ0v) is 13.4. The lowest BCUT2D eigenvalue weighted by atomic mass is 10.1. The number of hydrogen-bond acceptors (Lipinski definition) is 5. The summed E-state index contributed by atoms with van der Waals surface area (Å²) in [6.45, 7) is 5.77. The summed E-state index contributed by atoms with van der Waals surface area (Å²) in [7, 11) is 0. The molecule has 0 amide bonds. The quantitative estimate of drug-likeness (QED) is 0.578. The molecule has 0 bridgehead atoms. The first kappa shape index (κ1) is 15.8. The van der Waals surface area contributed by atoms with Crippen molar-refractivity contribution in [3.63, 3.8) is 0 Å². The molecule has 0 aliphatic rings. The fourth-order valence-corrected chi connectivity index (χ4v) is 3.16. The van der Waals surface area contributed by atoms with E-state index in [1.807, 2.05) is 36.6 Å². The van der Waals surface area contributed by atoms with Gasteiger partial charge in [-0.3, -0.25) is 9.69 Å². The molecular formula is C16H20N2O2S. The van der Waals surface area contributed by atoms with Crippen molar-refractivity contribution in [2.45, 2.75) is 19.2 Å². The summed E-state index contributed by atoms with van der Waals surface area (Å²) in [5, 5.41) is 3.73. The highest BCUT2D eigenvalue weighted by Gasteiger charge is 2.26. The maximum atomic E-state index is 12.6. The summed E-state index contributed by atoms with van der Waals surface area (Å²) >= 11 is 1.53. The van der Waals surface area contributed by atoms with Gasteiger partial charge in [-0.05, 0) is 19.3 Å². The van der Waals surface area contributed by atoms with Gasteiger partial charge in [-0.1, -0.05) is 49.3 Å². The molecule has 0 saturated carbocycles. The molecule has 2 aromatic rings. The molecule has 1 aromatic heterocycles. The molecule has 0 aliphatic carbocycles. The third-order valence-corrected chi connectivity index (χ3v) is 4.37. The van der Waals surface area contributed by atoms with Crippen LogP contribution in [-0.2, 0) is 0 Å². The van der Waals surface area contributed by atoms with Gasteiger partial charge in [-0.15, -0.1) is 11.8 Å². The predicted molar refractivity (Wildman–Crippen MR) is 86.5 cm³/mol. The van der Waals surface area contributed by atoms with Crippen molar-refractivity contribution in [3.05, 3.63) is 42.1 Å². The summed E-state index contributed by atoms with van der Waals surface area (Å²) in [4.78, 5) is 14.7. The van der Waals surface area contributed by atoms with Gasteiger partial charge in [0.25, 0.3) is 0 Å². The Bertz CT molecular complexity index is 579. The SMILES string of the molecule is CCN(CC)C(SC)C(=O)c1cc(-c2ccccc2)on1. The second-order valence-electron chi connectivity index (χ2n) is 4.62. The fourth-order valence-electron chi connectivity index (χ4n) is 2.23.